The predicted octanol–water partition coefficient (Wildman–Crippen LogP) is 3.02. The highest BCUT2D eigenvalue weighted by Crippen LogP contribution is 2.17. The van der Waals surface area contributed by atoms with Crippen LogP contribution in [0.5, 0.6) is 0 Å². The third-order valence-corrected chi connectivity index (χ3v) is 3.24. The number of aliphatic carboxylic acids is 1. The van der Waals surface area contributed by atoms with Gasteiger partial charge in [0.1, 0.15) is 5.25 Å². The highest BCUT2D eigenvalue weighted by molar-refractivity contribution is 8.00. The van der Waals surface area contributed by atoms with Crippen LogP contribution in [0.4, 0.5) is 8.78 Å². The third kappa shape index (κ3) is 7.12. The van der Waals surface area contributed by atoms with Crippen LogP contribution in [-0.2, 0) is 4.79 Å². The van der Waals surface area contributed by atoms with Gasteiger partial charge in [0.05, 0.1) is 0 Å². The zero-order chi connectivity index (χ0) is 11.0. The maximum absolute atomic E-state index is 11.7. The Bertz CT molecular complexity index is 165. The molecule has 0 aliphatic rings. The van der Waals surface area contributed by atoms with Gasteiger partial charge in [-0.15, -0.1) is 11.8 Å². The average molecular weight is 226 g/mol. The number of thioether (sulfide) groups is 1. The summed E-state index contributed by atoms with van der Waals surface area (Å²) in [5.41, 5.74) is 0. The van der Waals surface area contributed by atoms with E-state index in [1.807, 2.05) is 6.92 Å². The van der Waals surface area contributed by atoms with E-state index in [1.165, 1.54) is 11.8 Å². The molecule has 1 atom stereocenters. The lowest BCUT2D eigenvalue weighted by molar-refractivity contribution is -0.136. The normalized spacial score (nSPS) is 13.1. The van der Waals surface area contributed by atoms with Crippen molar-refractivity contribution >= 4 is 17.7 Å². The molecule has 0 aliphatic heterocycles. The molecular weight excluding hydrogens is 210 g/mol. The average Bonchev–Trinajstić information content (AvgIpc) is 2.10. The first-order valence-corrected chi connectivity index (χ1v) is 5.75. The second kappa shape index (κ2) is 8.03. The molecule has 84 valence electrons. The SMILES string of the molecule is CCC(SCCCCC(F)F)C(=O)O. The van der Waals surface area contributed by atoms with Crippen molar-refractivity contribution < 1.29 is 18.7 Å². The number of hydrogen-bond donors (Lipinski definition) is 1. The van der Waals surface area contributed by atoms with E-state index in [9.17, 15) is 13.6 Å². The smallest absolute Gasteiger partial charge is 0.316 e. The Kier molecular flexibility index (Phi) is 7.84. The van der Waals surface area contributed by atoms with Crippen LogP contribution in [-0.4, -0.2) is 28.5 Å². The van der Waals surface area contributed by atoms with E-state index in [2.05, 4.69) is 0 Å². The number of carboxylic acids is 1. The molecule has 0 fully saturated rings. The topological polar surface area (TPSA) is 37.3 Å². The zero-order valence-electron chi connectivity index (χ0n) is 8.21. The Morgan fingerprint density at radius 1 is 1.43 bits per heavy atom. The van der Waals surface area contributed by atoms with Gasteiger partial charge in [0.2, 0.25) is 6.43 Å². The molecule has 5 heteroatoms. The van der Waals surface area contributed by atoms with Crippen molar-refractivity contribution in [3.8, 4) is 0 Å². The van der Waals surface area contributed by atoms with Crippen molar-refractivity contribution in [2.24, 2.45) is 0 Å². The molecule has 0 aromatic carbocycles. The van der Waals surface area contributed by atoms with Gasteiger partial charge in [0, 0.05) is 6.42 Å². The van der Waals surface area contributed by atoms with Gasteiger partial charge in [0.15, 0.2) is 0 Å². The zero-order valence-corrected chi connectivity index (χ0v) is 9.03. The van der Waals surface area contributed by atoms with Gasteiger partial charge in [0.25, 0.3) is 0 Å². The second-order valence-electron chi connectivity index (χ2n) is 2.99. The predicted molar refractivity (Wildman–Crippen MR) is 54.0 cm³/mol. The van der Waals surface area contributed by atoms with E-state index < -0.39 is 12.4 Å². The molecule has 0 aromatic rings. The third-order valence-electron chi connectivity index (χ3n) is 1.78. The Labute approximate surface area is 87.1 Å². The number of rotatable bonds is 8. The summed E-state index contributed by atoms with van der Waals surface area (Å²) >= 11 is 1.34. The van der Waals surface area contributed by atoms with Gasteiger partial charge in [-0.3, -0.25) is 4.79 Å². The molecule has 0 radical (unpaired) electrons. The van der Waals surface area contributed by atoms with E-state index in [-0.39, 0.29) is 11.7 Å². The number of hydrogen-bond acceptors (Lipinski definition) is 2. The van der Waals surface area contributed by atoms with E-state index in [0.717, 1.165) is 0 Å². The van der Waals surface area contributed by atoms with Gasteiger partial charge in [-0.2, -0.15) is 0 Å². The van der Waals surface area contributed by atoms with Gasteiger partial charge in [-0.25, -0.2) is 8.78 Å². The molecule has 1 unspecified atom stereocenters. The monoisotopic (exact) mass is 226 g/mol. The fourth-order valence-corrected chi connectivity index (χ4v) is 2.02. The molecule has 0 aliphatic carbocycles. The lowest BCUT2D eigenvalue weighted by Gasteiger charge is -2.08. The summed E-state index contributed by atoms with van der Waals surface area (Å²) in [6.07, 6.45) is -0.597. The second-order valence-corrected chi connectivity index (χ2v) is 4.30. The summed E-state index contributed by atoms with van der Waals surface area (Å²) < 4.78 is 23.4. The van der Waals surface area contributed by atoms with Crippen LogP contribution in [0.15, 0.2) is 0 Å². The molecule has 0 saturated heterocycles. The van der Waals surface area contributed by atoms with Gasteiger partial charge in [-0.1, -0.05) is 6.92 Å². The van der Waals surface area contributed by atoms with Gasteiger partial charge >= 0.3 is 5.97 Å². The number of carbonyl (C=O) groups is 1. The lowest BCUT2D eigenvalue weighted by atomic mass is 10.3. The number of alkyl halides is 2. The molecule has 0 bridgehead atoms. The molecule has 0 amide bonds. The Balaban J connectivity index is 3.38. The Morgan fingerprint density at radius 2 is 2.07 bits per heavy atom. The van der Waals surface area contributed by atoms with Crippen LogP contribution in [0.2, 0.25) is 0 Å². The first-order valence-electron chi connectivity index (χ1n) is 4.70. The van der Waals surface area contributed by atoms with Crippen molar-refractivity contribution in [2.75, 3.05) is 5.75 Å². The summed E-state index contributed by atoms with van der Waals surface area (Å²) in [6, 6.07) is 0. The summed E-state index contributed by atoms with van der Waals surface area (Å²) in [4.78, 5) is 10.6. The molecule has 0 saturated carbocycles. The molecular formula is C9H16F2O2S. The van der Waals surface area contributed by atoms with Crippen molar-refractivity contribution in [1.29, 1.82) is 0 Å². The van der Waals surface area contributed by atoms with Crippen LogP contribution in [0.1, 0.15) is 32.6 Å². The van der Waals surface area contributed by atoms with E-state index >= 15 is 0 Å². The number of halogens is 2. The van der Waals surface area contributed by atoms with E-state index in [1.54, 1.807) is 0 Å². The van der Waals surface area contributed by atoms with E-state index in [4.69, 9.17) is 5.11 Å². The summed E-state index contributed by atoms with van der Waals surface area (Å²) in [7, 11) is 0. The van der Waals surface area contributed by atoms with Crippen molar-refractivity contribution in [2.45, 2.75) is 44.3 Å². The highest BCUT2D eigenvalue weighted by Gasteiger charge is 2.14. The fraction of sp³-hybridized carbons (Fsp3) is 0.889. The first-order chi connectivity index (χ1) is 6.57. The number of carboxylic acid groups (broad SMARTS) is 1. The molecule has 14 heavy (non-hydrogen) atoms. The van der Waals surface area contributed by atoms with Crippen LogP contribution >= 0.6 is 11.8 Å². The summed E-state index contributed by atoms with van der Waals surface area (Å²) in [5, 5.41) is 8.29. The Morgan fingerprint density at radius 3 is 2.50 bits per heavy atom. The van der Waals surface area contributed by atoms with Crippen LogP contribution in [0, 0.1) is 0 Å². The summed E-state index contributed by atoms with van der Waals surface area (Å²) in [6.45, 7) is 1.81. The minimum absolute atomic E-state index is 0.0789. The van der Waals surface area contributed by atoms with Gasteiger partial charge < -0.3 is 5.11 Å². The van der Waals surface area contributed by atoms with Crippen molar-refractivity contribution in [3.63, 3.8) is 0 Å². The fourth-order valence-electron chi connectivity index (χ4n) is 0.990. The minimum atomic E-state index is -2.23. The minimum Gasteiger partial charge on any atom is -0.480 e. The molecule has 1 N–H and O–H groups in total. The highest BCUT2D eigenvalue weighted by atomic mass is 32.2. The Hall–Kier alpha value is -0.320. The maximum atomic E-state index is 11.7. The quantitative estimate of drug-likeness (QED) is 0.646. The molecule has 0 rings (SSSR count). The van der Waals surface area contributed by atoms with Crippen molar-refractivity contribution in [1.82, 2.24) is 0 Å². The molecule has 0 spiro atoms. The van der Waals surface area contributed by atoms with E-state index in [0.29, 0.717) is 25.0 Å². The summed E-state index contributed by atoms with van der Waals surface area (Å²) in [5.74, 6) is -0.163. The van der Waals surface area contributed by atoms with Crippen LogP contribution in [0.3, 0.4) is 0 Å². The van der Waals surface area contributed by atoms with Gasteiger partial charge in [-0.05, 0) is 25.0 Å². The molecule has 0 aromatic heterocycles. The molecule has 2 nitrogen and oxygen atoms in total. The maximum Gasteiger partial charge on any atom is 0.316 e. The first kappa shape index (κ1) is 13.7. The standard InChI is InChI=1S/C9H16F2O2S/c1-2-7(9(12)13)14-6-4-3-5-8(10)11/h7-8H,2-6H2,1H3,(H,12,13). The van der Waals surface area contributed by atoms with Crippen LogP contribution < -0.4 is 0 Å². The van der Waals surface area contributed by atoms with Crippen molar-refractivity contribution in [3.05, 3.63) is 0 Å². The molecule has 0 heterocycles. The van der Waals surface area contributed by atoms with Crippen LogP contribution in [0.25, 0.3) is 0 Å². The lowest BCUT2D eigenvalue weighted by Crippen LogP contribution is -2.15. The number of unbranched alkanes of at least 4 members (excludes halogenated alkanes) is 1. The largest absolute Gasteiger partial charge is 0.480 e.